The Balaban J connectivity index is 1.39. The standard InChI is InChI=1S/C28H28O3S/c29-26(23-18-16-22(17-19-23)21-10-4-1-5-11-21)20-31-28(30)27(24-12-6-2-7-13-24)32-25-14-8-3-9-15-25/h2-3,6-9,12-19,21,27H,1,4-5,10-11,20H2/t27-/m0/s1. The molecule has 0 aliphatic heterocycles. The van der Waals surface area contributed by atoms with Gasteiger partial charge in [0.05, 0.1) is 0 Å². The molecule has 0 N–H and O–H groups in total. The predicted octanol–water partition coefficient (Wildman–Crippen LogP) is 6.99. The lowest BCUT2D eigenvalue weighted by atomic mass is 9.84. The van der Waals surface area contributed by atoms with E-state index in [1.54, 1.807) is 0 Å². The van der Waals surface area contributed by atoms with Gasteiger partial charge >= 0.3 is 5.97 Å². The van der Waals surface area contributed by atoms with Crippen LogP contribution in [0.3, 0.4) is 0 Å². The van der Waals surface area contributed by atoms with Crippen LogP contribution in [0.1, 0.15) is 64.8 Å². The van der Waals surface area contributed by atoms with E-state index in [0.717, 1.165) is 10.5 Å². The topological polar surface area (TPSA) is 43.4 Å². The first-order valence-corrected chi connectivity index (χ1v) is 12.1. The zero-order chi connectivity index (χ0) is 22.2. The van der Waals surface area contributed by atoms with Crippen molar-refractivity contribution in [1.82, 2.24) is 0 Å². The molecule has 3 nitrogen and oxygen atoms in total. The fourth-order valence-corrected chi connectivity index (χ4v) is 5.23. The fraction of sp³-hybridized carbons (Fsp3) is 0.286. The van der Waals surface area contributed by atoms with Gasteiger partial charge in [-0.25, -0.2) is 0 Å². The van der Waals surface area contributed by atoms with Gasteiger partial charge in [-0.1, -0.05) is 92.1 Å². The Morgan fingerprint density at radius 1 is 0.812 bits per heavy atom. The fourth-order valence-electron chi connectivity index (χ4n) is 4.19. The molecule has 0 unspecified atom stereocenters. The maximum atomic E-state index is 12.9. The van der Waals surface area contributed by atoms with Gasteiger partial charge in [0.1, 0.15) is 5.25 Å². The molecule has 4 rings (SSSR count). The van der Waals surface area contributed by atoms with E-state index >= 15 is 0 Å². The number of thioether (sulfide) groups is 1. The van der Waals surface area contributed by atoms with Crippen LogP contribution in [0.4, 0.5) is 0 Å². The molecule has 1 saturated carbocycles. The van der Waals surface area contributed by atoms with Gasteiger partial charge in [-0.2, -0.15) is 0 Å². The van der Waals surface area contributed by atoms with Crippen LogP contribution in [0.5, 0.6) is 0 Å². The monoisotopic (exact) mass is 444 g/mol. The smallest absolute Gasteiger partial charge is 0.324 e. The highest BCUT2D eigenvalue weighted by molar-refractivity contribution is 8.00. The lowest BCUT2D eigenvalue weighted by molar-refractivity contribution is -0.142. The highest BCUT2D eigenvalue weighted by Crippen LogP contribution is 2.36. The third kappa shape index (κ3) is 5.89. The van der Waals surface area contributed by atoms with Gasteiger partial charge < -0.3 is 4.74 Å². The Morgan fingerprint density at radius 3 is 2.09 bits per heavy atom. The quantitative estimate of drug-likeness (QED) is 0.213. The molecule has 4 heteroatoms. The summed E-state index contributed by atoms with van der Waals surface area (Å²) in [5.41, 5.74) is 2.75. The number of hydrogen-bond donors (Lipinski definition) is 0. The van der Waals surface area contributed by atoms with E-state index in [2.05, 4.69) is 12.1 Å². The van der Waals surface area contributed by atoms with Crippen LogP contribution in [0, 0.1) is 0 Å². The van der Waals surface area contributed by atoms with Crippen molar-refractivity contribution in [3.63, 3.8) is 0 Å². The predicted molar refractivity (Wildman–Crippen MR) is 129 cm³/mol. The van der Waals surface area contributed by atoms with E-state index < -0.39 is 11.2 Å². The second kappa shape index (κ2) is 11.1. The summed E-state index contributed by atoms with van der Waals surface area (Å²) in [6.45, 7) is -0.250. The first-order chi connectivity index (χ1) is 15.7. The van der Waals surface area contributed by atoms with Gasteiger partial charge in [0.25, 0.3) is 0 Å². The number of ether oxygens (including phenoxy) is 1. The Bertz CT molecular complexity index is 1010. The van der Waals surface area contributed by atoms with Crippen molar-refractivity contribution in [2.75, 3.05) is 6.61 Å². The van der Waals surface area contributed by atoms with Gasteiger partial charge in [0.2, 0.25) is 0 Å². The molecule has 0 saturated heterocycles. The van der Waals surface area contributed by atoms with Crippen LogP contribution in [0.25, 0.3) is 0 Å². The summed E-state index contributed by atoms with van der Waals surface area (Å²) in [5, 5.41) is -0.528. The largest absolute Gasteiger partial charge is 0.456 e. The van der Waals surface area contributed by atoms with Gasteiger partial charge in [-0.15, -0.1) is 11.8 Å². The van der Waals surface area contributed by atoms with Gasteiger partial charge in [-0.05, 0) is 42.0 Å². The summed E-state index contributed by atoms with van der Waals surface area (Å²) in [6, 6.07) is 27.2. The minimum absolute atomic E-state index is 0.176. The van der Waals surface area contributed by atoms with Crippen LogP contribution in [0.2, 0.25) is 0 Å². The highest BCUT2D eigenvalue weighted by Gasteiger charge is 2.24. The average molecular weight is 445 g/mol. The molecule has 1 aliphatic carbocycles. The van der Waals surface area contributed by atoms with E-state index in [1.165, 1.54) is 49.4 Å². The van der Waals surface area contributed by atoms with E-state index in [9.17, 15) is 9.59 Å². The summed E-state index contributed by atoms with van der Waals surface area (Å²) in [4.78, 5) is 26.6. The van der Waals surface area contributed by atoms with Crippen molar-refractivity contribution in [3.8, 4) is 0 Å². The lowest BCUT2D eigenvalue weighted by Crippen LogP contribution is -2.18. The molecule has 0 heterocycles. The molecule has 1 fully saturated rings. The molecular weight excluding hydrogens is 416 g/mol. The Morgan fingerprint density at radius 2 is 1.44 bits per heavy atom. The van der Waals surface area contributed by atoms with Crippen molar-refractivity contribution >= 4 is 23.5 Å². The minimum Gasteiger partial charge on any atom is -0.456 e. The minimum atomic E-state index is -0.528. The van der Waals surface area contributed by atoms with Crippen LogP contribution < -0.4 is 0 Å². The highest BCUT2D eigenvalue weighted by atomic mass is 32.2. The number of carbonyl (C=O) groups excluding carboxylic acids is 2. The molecule has 0 amide bonds. The van der Waals surface area contributed by atoms with Crippen molar-refractivity contribution in [2.24, 2.45) is 0 Å². The summed E-state index contributed by atoms with van der Waals surface area (Å²) in [7, 11) is 0. The normalized spacial score (nSPS) is 15.1. The lowest BCUT2D eigenvalue weighted by Gasteiger charge is -2.22. The third-order valence-electron chi connectivity index (χ3n) is 5.97. The average Bonchev–Trinajstić information content (AvgIpc) is 2.87. The molecule has 0 aromatic heterocycles. The van der Waals surface area contributed by atoms with E-state index in [-0.39, 0.29) is 12.4 Å². The zero-order valence-electron chi connectivity index (χ0n) is 18.1. The maximum Gasteiger partial charge on any atom is 0.324 e. The second-order valence-corrected chi connectivity index (χ2v) is 9.39. The molecule has 1 atom stereocenters. The molecule has 0 spiro atoms. The Labute approximate surface area is 194 Å². The van der Waals surface area contributed by atoms with E-state index in [0.29, 0.717) is 11.5 Å². The summed E-state index contributed by atoms with van der Waals surface area (Å²) >= 11 is 1.43. The number of carbonyl (C=O) groups is 2. The van der Waals surface area contributed by atoms with Crippen LogP contribution in [0.15, 0.2) is 89.8 Å². The molecule has 3 aromatic carbocycles. The molecule has 0 radical (unpaired) electrons. The number of ketones is 1. The summed E-state index contributed by atoms with van der Waals surface area (Å²) in [5.74, 6) is 0.0228. The third-order valence-corrected chi connectivity index (χ3v) is 7.21. The number of Topliss-reactive ketones (excluding diaryl/α,β-unsaturated/α-hetero) is 1. The molecule has 164 valence electrons. The van der Waals surface area contributed by atoms with E-state index in [4.69, 9.17) is 4.74 Å². The maximum absolute atomic E-state index is 12.9. The number of benzene rings is 3. The first kappa shape index (κ1) is 22.3. The molecule has 3 aromatic rings. The second-order valence-electron chi connectivity index (χ2n) is 8.21. The van der Waals surface area contributed by atoms with Crippen LogP contribution in [-0.2, 0) is 9.53 Å². The number of rotatable bonds is 8. The molecule has 0 bridgehead atoms. The molecule has 1 aliphatic rings. The zero-order valence-corrected chi connectivity index (χ0v) is 18.9. The van der Waals surface area contributed by atoms with Crippen LogP contribution in [-0.4, -0.2) is 18.4 Å². The molecule has 32 heavy (non-hydrogen) atoms. The van der Waals surface area contributed by atoms with Crippen LogP contribution >= 0.6 is 11.8 Å². The van der Waals surface area contributed by atoms with Crippen molar-refractivity contribution in [2.45, 2.75) is 48.2 Å². The van der Waals surface area contributed by atoms with Crippen molar-refractivity contribution in [3.05, 3.63) is 102 Å². The van der Waals surface area contributed by atoms with Crippen molar-refractivity contribution in [1.29, 1.82) is 0 Å². The number of esters is 1. The first-order valence-electron chi connectivity index (χ1n) is 11.3. The number of hydrogen-bond acceptors (Lipinski definition) is 4. The Kier molecular flexibility index (Phi) is 7.78. The summed E-state index contributed by atoms with van der Waals surface area (Å²) in [6.07, 6.45) is 6.34. The molecular formula is C28H28O3S. The van der Waals surface area contributed by atoms with Crippen molar-refractivity contribution < 1.29 is 14.3 Å². The Hall–Kier alpha value is -2.85. The van der Waals surface area contributed by atoms with E-state index in [1.807, 2.05) is 72.8 Å². The van der Waals surface area contributed by atoms with Gasteiger partial charge in [0, 0.05) is 10.5 Å². The van der Waals surface area contributed by atoms with Gasteiger partial charge in [-0.3, -0.25) is 9.59 Å². The SMILES string of the molecule is O=C(COC(=O)[C@@H](Sc1ccccc1)c1ccccc1)c1ccc(C2CCCCC2)cc1. The summed E-state index contributed by atoms with van der Waals surface area (Å²) < 4.78 is 5.48. The van der Waals surface area contributed by atoms with Gasteiger partial charge in [0.15, 0.2) is 12.4 Å².